The Hall–Kier alpha value is -1.61. The number of carbonyl (C=O) groups excluding carboxylic acids is 1. The molecule has 1 aromatic carbocycles. The van der Waals surface area contributed by atoms with Gasteiger partial charge in [-0.15, -0.1) is 0 Å². The third kappa shape index (κ3) is 5.70. The lowest BCUT2D eigenvalue weighted by Crippen LogP contribution is -2.49. The summed E-state index contributed by atoms with van der Waals surface area (Å²) in [5.41, 5.74) is 3.32. The minimum Gasteiger partial charge on any atom is -0.315 e. The van der Waals surface area contributed by atoms with Crippen LogP contribution in [-0.2, 0) is 11.3 Å². The molecule has 0 spiro atoms. The van der Waals surface area contributed by atoms with Gasteiger partial charge in [-0.1, -0.05) is 88.1 Å². The van der Waals surface area contributed by atoms with Gasteiger partial charge >= 0.3 is 0 Å². The lowest BCUT2D eigenvalue weighted by molar-refractivity contribution is -0.128. The van der Waals surface area contributed by atoms with E-state index in [2.05, 4.69) is 36.5 Å². The van der Waals surface area contributed by atoms with E-state index < -0.39 is 0 Å². The van der Waals surface area contributed by atoms with Gasteiger partial charge in [-0.3, -0.25) is 10.1 Å². The summed E-state index contributed by atoms with van der Waals surface area (Å²) in [4.78, 5) is 14.9. The monoisotopic (exact) mass is 382 g/mol. The fourth-order valence-corrected chi connectivity index (χ4v) is 4.65. The molecule has 1 N–H and O–H groups in total. The molecule has 1 amide bonds. The van der Waals surface area contributed by atoms with Crippen LogP contribution in [0.2, 0.25) is 0 Å². The van der Waals surface area contributed by atoms with Crippen LogP contribution in [0.3, 0.4) is 0 Å². The summed E-state index contributed by atoms with van der Waals surface area (Å²) in [6, 6.07) is 10.9. The molecule has 1 fully saturated rings. The van der Waals surface area contributed by atoms with Crippen molar-refractivity contribution in [1.29, 1.82) is 0 Å². The largest absolute Gasteiger partial charge is 0.315 e. The van der Waals surface area contributed by atoms with Gasteiger partial charge in [0, 0.05) is 18.2 Å². The second-order valence-corrected chi connectivity index (χ2v) is 8.75. The maximum Gasteiger partial charge on any atom is 0.251 e. The quantitative estimate of drug-likeness (QED) is 0.697. The van der Waals surface area contributed by atoms with E-state index in [0.29, 0.717) is 12.6 Å². The van der Waals surface area contributed by atoms with Crippen LogP contribution in [0, 0.1) is 0 Å². The first-order chi connectivity index (χ1) is 13.7. The molecule has 1 heterocycles. The fourth-order valence-electron chi connectivity index (χ4n) is 4.65. The predicted molar refractivity (Wildman–Crippen MR) is 117 cm³/mol. The summed E-state index contributed by atoms with van der Waals surface area (Å²) in [5, 5.41) is 3.90. The number of benzene rings is 1. The number of hydrogen-bond acceptors (Lipinski definition) is 2. The number of nitrogens with zero attached hydrogens (tertiary/aromatic N) is 1. The van der Waals surface area contributed by atoms with Crippen LogP contribution in [0.1, 0.15) is 90.0 Å². The molecule has 1 aliphatic heterocycles. The summed E-state index contributed by atoms with van der Waals surface area (Å²) in [5.74, 6) is 0.187. The van der Waals surface area contributed by atoms with Crippen LogP contribution in [0.5, 0.6) is 0 Å². The number of carbonyl (C=O) groups is 1. The minimum atomic E-state index is 0.0469. The summed E-state index contributed by atoms with van der Waals surface area (Å²) >= 11 is 0. The lowest BCUT2D eigenvalue weighted by atomic mass is 9.97. The molecule has 3 nitrogen and oxygen atoms in total. The number of hydrogen-bond donors (Lipinski definition) is 1. The molecule has 1 saturated carbocycles. The zero-order chi connectivity index (χ0) is 19.8. The van der Waals surface area contributed by atoms with Crippen LogP contribution in [-0.4, -0.2) is 23.0 Å². The predicted octanol–water partition coefficient (Wildman–Crippen LogP) is 5.95. The molecule has 1 unspecified atom stereocenters. The smallest absolute Gasteiger partial charge is 0.251 e. The molecule has 0 aromatic heterocycles. The molecule has 0 bridgehead atoms. The van der Waals surface area contributed by atoms with Crippen molar-refractivity contribution >= 4 is 5.91 Å². The van der Waals surface area contributed by atoms with Crippen molar-refractivity contribution in [3.63, 3.8) is 0 Å². The molecule has 3 rings (SSSR count). The van der Waals surface area contributed by atoms with E-state index in [0.717, 1.165) is 5.57 Å². The van der Waals surface area contributed by atoms with Crippen molar-refractivity contribution in [1.82, 2.24) is 10.2 Å². The van der Waals surface area contributed by atoms with E-state index in [1.54, 1.807) is 0 Å². The van der Waals surface area contributed by atoms with Crippen LogP contribution in [0.15, 0.2) is 41.5 Å². The van der Waals surface area contributed by atoms with Crippen LogP contribution < -0.4 is 5.32 Å². The summed E-state index contributed by atoms with van der Waals surface area (Å²) in [6.07, 6.45) is 14.8. The second-order valence-electron chi connectivity index (χ2n) is 8.75. The van der Waals surface area contributed by atoms with E-state index in [1.807, 2.05) is 17.9 Å². The molecule has 2 aliphatic rings. The Morgan fingerprint density at radius 3 is 1.96 bits per heavy atom. The van der Waals surface area contributed by atoms with E-state index in [4.69, 9.17) is 0 Å². The van der Waals surface area contributed by atoms with Gasteiger partial charge in [-0.05, 0) is 37.8 Å². The lowest BCUT2D eigenvalue weighted by Gasteiger charge is -2.32. The van der Waals surface area contributed by atoms with E-state index >= 15 is 0 Å². The number of rotatable bonds is 4. The molecule has 1 aliphatic carbocycles. The Morgan fingerprint density at radius 1 is 0.857 bits per heavy atom. The van der Waals surface area contributed by atoms with Crippen molar-refractivity contribution in [2.24, 2.45) is 0 Å². The fraction of sp³-hybridized carbons (Fsp3) is 0.640. The second kappa shape index (κ2) is 10.8. The third-order valence-corrected chi connectivity index (χ3v) is 6.59. The average molecular weight is 383 g/mol. The highest BCUT2D eigenvalue weighted by Gasteiger charge is 2.35. The SMILES string of the molecule is CC1=C(C)C(NC2CCCCCCCCCCC2)N(Cc2ccccc2)C1=O. The van der Waals surface area contributed by atoms with Gasteiger partial charge < -0.3 is 4.90 Å². The number of nitrogens with one attached hydrogen (secondary N) is 1. The highest BCUT2D eigenvalue weighted by atomic mass is 16.2. The van der Waals surface area contributed by atoms with Gasteiger partial charge in [0.25, 0.3) is 5.91 Å². The zero-order valence-electron chi connectivity index (χ0n) is 17.9. The molecule has 154 valence electrons. The summed E-state index contributed by atoms with van der Waals surface area (Å²) in [6.45, 7) is 4.79. The highest BCUT2D eigenvalue weighted by Crippen LogP contribution is 2.27. The Bertz CT molecular complexity index is 640. The van der Waals surface area contributed by atoms with Gasteiger partial charge in [-0.2, -0.15) is 0 Å². The summed E-state index contributed by atoms with van der Waals surface area (Å²) in [7, 11) is 0. The van der Waals surface area contributed by atoms with Crippen molar-refractivity contribution in [3.8, 4) is 0 Å². The van der Waals surface area contributed by atoms with E-state index in [9.17, 15) is 4.79 Å². The molecule has 3 heteroatoms. The third-order valence-electron chi connectivity index (χ3n) is 6.59. The first-order valence-corrected chi connectivity index (χ1v) is 11.4. The van der Waals surface area contributed by atoms with Crippen molar-refractivity contribution in [3.05, 3.63) is 47.0 Å². The maximum absolute atomic E-state index is 12.9. The maximum atomic E-state index is 12.9. The van der Waals surface area contributed by atoms with Crippen LogP contribution >= 0.6 is 0 Å². The van der Waals surface area contributed by atoms with E-state index in [-0.39, 0.29) is 12.1 Å². The minimum absolute atomic E-state index is 0.0469. The van der Waals surface area contributed by atoms with Gasteiger partial charge in [0.05, 0.1) is 0 Å². The first kappa shape index (κ1) is 21.1. The molecule has 0 saturated heterocycles. The van der Waals surface area contributed by atoms with Gasteiger partial charge in [0.1, 0.15) is 6.17 Å². The van der Waals surface area contributed by atoms with Crippen molar-refractivity contribution in [2.75, 3.05) is 0 Å². The molecule has 1 atom stereocenters. The van der Waals surface area contributed by atoms with E-state index in [1.165, 1.54) is 81.8 Å². The Kier molecular flexibility index (Phi) is 8.14. The number of amides is 1. The van der Waals surface area contributed by atoms with Gasteiger partial charge in [0.15, 0.2) is 0 Å². The first-order valence-electron chi connectivity index (χ1n) is 11.4. The Labute approximate surface area is 171 Å². The molecule has 1 aromatic rings. The average Bonchev–Trinajstić information content (AvgIpc) is 2.89. The van der Waals surface area contributed by atoms with Crippen molar-refractivity contribution < 1.29 is 4.79 Å². The molecular weight excluding hydrogens is 344 g/mol. The van der Waals surface area contributed by atoms with Gasteiger partial charge in [0.2, 0.25) is 0 Å². The zero-order valence-corrected chi connectivity index (χ0v) is 17.9. The normalized spacial score (nSPS) is 23.6. The molecular formula is C25H38N2O. The topological polar surface area (TPSA) is 32.3 Å². The highest BCUT2D eigenvalue weighted by molar-refractivity contribution is 5.96. The van der Waals surface area contributed by atoms with Crippen LogP contribution in [0.25, 0.3) is 0 Å². The van der Waals surface area contributed by atoms with Crippen molar-refractivity contribution in [2.45, 2.75) is 103 Å². The van der Waals surface area contributed by atoms with Crippen LogP contribution in [0.4, 0.5) is 0 Å². The molecule has 0 radical (unpaired) electrons. The Balaban J connectivity index is 1.67. The van der Waals surface area contributed by atoms with Gasteiger partial charge in [-0.25, -0.2) is 0 Å². The Morgan fingerprint density at radius 2 is 1.39 bits per heavy atom. The molecule has 28 heavy (non-hydrogen) atoms. The standard InChI is InChI=1S/C25H38N2O/c1-20-21(2)25(28)27(19-22-15-11-10-12-16-22)24(20)26-23-17-13-8-6-4-3-5-7-9-14-18-23/h10-12,15-16,23-24,26H,3-9,13-14,17-19H2,1-2H3. The summed E-state index contributed by atoms with van der Waals surface area (Å²) < 4.78 is 0.